The number of hydrogen-bond acceptors (Lipinski definition) is 4. The van der Waals surface area contributed by atoms with Gasteiger partial charge in [0.15, 0.2) is 0 Å². The molecule has 0 unspecified atom stereocenters. The molecule has 1 amide bonds. The predicted molar refractivity (Wildman–Crippen MR) is 90.3 cm³/mol. The van der Waals surface area contributed by atoms with Crippen LogP contribution in [0, 0.1) is 5.82 Å². The number of sulfonamides is 1. The zero-order valence-electron chi connectivity index (χ0n) is 13.1. The van der Waals surface area contributed by atoms with Crippen molar-refractivity contribution in [3.8, 4) is 0 Å². The molecule has 1 aromatic carbocycles. The zero-order chi connectivity index (χ0) is 18.0. The molecular weight excluding hydrogens is 369 g/mol. The molecule has 1 fully saturated rings. The number of rotatable bonds is 3. The summed E-state index contributed by atoms with van der Waals surface area (Å²) in [5, 5.41) is 0.221. The third-order valence-electron chi connectivity index (χ3n) is 3.93. The van der Waals surface area contributed by atoms with Gasteiger partial charge in [-0.1, -0.05) is 17.7 Å². The first-order chi connectivity index (χ1) is 11.9. The van der Waals surface area contributed by atoms with E-state index in [1.54, 1.807) is 11.0 Å². The van der Waals surface area contributed by atoms with Crippen LogP contribution in [-0.4, -0.2) is 54.7 Å². The lowest BCUT2D eigenvalue weighted by Crippen LogP contribution is -2.50. The maximum Gasteiger partial charge on any atom is 0.254 e. The van der Waals surface area contributed by atoms with Crippen LogP contribution < -0.4 is 0 Å². The average Bonchev–Trinajstić information content (AvgIpc) is 2.61. The van der Waals surface area contributed by atoms with Crippen LogP contribution in [0.2, 0.25) is 5.15 Å². The van der Waals surface area contributed by atoms with Crippen molar-refractivity contribution >= 4 is 27.5 Å². The number of carbonyl (C=O) groups is 1. The highest BCUT2D eigenvalue weighted by Crippen LogP contribution is 2.19. The topological polar surface area (TPSA) is 70.6 Å². The van der Waals surface area contributed by atoms with Crippen molar-refractivity contribution in [2.45, 2.75) is 4.90 Å². The highest BCUT2D eigenvalue weighted by Gasteiger charge is 2.30. The van der Waals surface area contributed by atoms with Gasteiger partial charge in [0.1, 0.15) is 11.0 Å². The molecule has 2 heterocycles. The number of nitrogens with zero attached hydrogens (tertiary/aromatic N) is 3. The van der Waals surface area contributed by atoms with E-state index in [2.05, 4.69) is 4.98 Å². The molecule has 132 valence electrons. The lowest BCUT2D eigenvalue weighted by molar-refractivity contribution is 0.0698. The lowest BCUT2D eigenvalue weighted by atomic mass is 10.2. The van der Waals surface area contributed by atoms with Gasteiger partial charge in [0, 0.05) is 37.9 Å². The van der Waals surface area contributed by atoms with Gasteiger partial charge in [-0.05, 0) is 30.3 Å². The predicted octanol–water partition coefficient (Wildman–Crippen LogP) is 2.02. The number of carbonyl (C=O) groups excluding carboxylic acids is 1. The molecule has 0 N–H and O–H groups in total. The number of amides is 1. The Bertz CT molecular complexity index is 899. The second-order valence-corrected chi connectivity index (χ2v) is 7.85. The van der Waals surface area contributed by atoms with Crippen LogP contribution in [0.5, 0.6) is 0 Å². The lowest BCUT2D eigenvalue weighted by Gasteiger charge is -2.34. The van der Waals surface area contributed by atoms with Crippen LogP contribution in [0.3, 0.4) is 0 Å². The summed E-state index contributed by atoms with van der Waals surface area (Å²) in [5.74, 6) is -0.837. The van der Waals surface area contributed by atoms with Crippen molar-refractivity contribution in [1.29, 1.82) is 0 Å². The smallest absolute Gasteiger partial charge is 0.254 e. The molecule has 6 nitrogen and oxygen atoms in total. The highest BCUT2D eigenvalue weighted by atomic mass is 35.5. The molecule has 2 aromatic rings. The first kappa shape index (κ1) is 17.8. The third-order valence-corrected chi connectivity index (χ3v) is 6.03. The maximum atomic E-state index is 13.3. The molecule has 3 rings (SSSR count). The monoisotopic (exact) mass is 383 g/mol. The molecule has 1 saturated heterocycles. The SMILES string of the molecule is O=C(c1ccnc(Cl)c1)N1CCN(S(=O)(=O)c2cccc(F)c2)CC1. The van der Waals surface area contributed by atoms with Crippen molar-refractivity contribution in [3.05, 3.63) is 59.1 Å². The van der Waals surface area contributed by atoms with Gasteiger partial charge in [0.2, 0.25) is 10.0 Å². The second-order valence-electron chi connectivity index (χ2n) is 5.52. The molecule has 0 saturated carbocycles. The molecule has 0 aliphatic carbocycles. The van der Waals surface area contributed by atoms with E-state index in [-0.39, 0.29) is 42.1 Å². The summed E-state index contributed by atoms with van der Waals surface area (Å²) in [6.07, 6.45) is 1.44. The minimum absolute atomic E-state index is 0.0896. The molecular formula is C16H15ClFN3O3S. The number of hydrogen-bond donors (Lipinski definition) is 0. The quantitative estimate of drug-likeness (QED) is 0.760. The molecule has 0 spiro atoms. The fourth-order valence-corrected chi connectivity index (χ4v) is 4.25. The van der Waals surface area contributed by atoms with Crippen LogP contribution >= 0.6 is 11.6 Å². The molecule has 25 heavy (non-hydrogen) atoms. The van der Waals surface area contributed by atoms with E-state index >= 15 is 0 Å². The summed E-state index contributed by atoms with van der Waals surface area (Å²) in [6.45, 7) is 0.771. The minimum atomic E-state index is -3.78. The standard InChI is InChI=1S/C16H15ClFN3O3S/c17-15-10-12(4-5-19-15)16(22)20-6-8-21(9-7-20)25(23,24)14-3-1-2-13(18)11-14/h1-5,10-11H,6-9H2. The van der Waals surface area contributed by atoms with Crippen molar-refractivity contribution in [2.24, 2.45) is 0 Å². The van der Waals surface area contributed by atoms with Crippen LogP contribution in [-0.2, 0) is 10.0 Å². The van der Waals surface area contributed by atoms with Crippen LogP contribution in [0.25, 0.3) is 0 Å². The van der Waals surface area contributed by atoms with Gasteiger partial charge in [0.25, 0.3) is 5.91 Å². The molecule has 9 heteroatoms. The van der Waals surface area contributed by atoms with E-state index in [1.807, 2.05) is 0 Å². The van der Waals surface area contributed by atoms with E-state index in [4.69, 9.17) is 11.6 Å². The van der Waals surface area contributed by atoms with E-state index in [0.717, 1.165) is 6.07 Å². The molecule has 0 bridgehead atoms. The van der Waals surface area contributed by atoms with Crippen LogP contribution in [0.15, 0.2) is 47.5 Å². The fourth-order valence-electron chi connectivity index (χ4n) is 2.63. The van der Waals surface area contributed by atoms with Gasteiger partial charge in [-0.2, -0.15) is 4.31 Å². The van der Waals surface area contributed by atoms with Gasteiger partial charge in [-0.3, -0.25) is 4.79 Å². The Labute approximate surface area is 149 Å². The number of piperazine rings is 1. The number of aromatic nitrogens is 1. The van der Waals surface area contributed by atoms with Crippen molar-refractivity contribution in [1.82, 2.24) is 14.2 Å². The van der Waals surface area contributed by atoms with Gasteiger partial charge < -0.3 is 4.90 Å². The second kappa shape index (κ2) is 7.07. The summed E-state index contributed by atoms with van der Waals surface area (Å²) in [4.78, 5) is 17.7. The van der Waals surface area contributed by atoms with Crippen molar-refractivity contribution in [3.63, 3.8) is 0 Å². The summed E-state index contributed by atoms with van der Waals surface area (Å²) in [7, 11) is -3.78. The minimum Gasteiger partial charge on any atom is -0.336 e. The summed E-state index contributed by atoms with van der Waals surface area (Å²) in [6, 6.07) is 7.93. The Morgan fingerprint density at radius 1 is 1.12 bits per heavy atom. The highest BCUT2D eigenvalue weighted by molar-refractivity contribution is 7.89. The van der Waals surface area contributed by atoms with Crippen LogP contribution in [0.4, 0.5) is 4.39 Å². The van der Waals surface area contributed by atoms with Gasteiger partial charge in [-0.15, -0.1) is 0 Å². The van der Waals surface area contributed by atoms with Gasteiger partial charge >= 0.3 is 0 Å². The number of benzene rings is 1. The van der Waals surface area contributed by atoms with E-state index < -0.39 is 15.8 Å². The summed E-state index contributed by atoms with van der Waals surface area (Å²) in [5.41, 5.74) is 0.404. The zero-order valence-corrected chi connectivity index (χ0v) is 14.7. The molecule has 1 aromatic heterocycles. The van der Waals surface area contributed by atoms with Crippen molar-refractivity contribution < 1.29 is 17.6 Å². The Balaban J connectivity index is 1.70. The Kier molecular flexibility index (Phi) is 5.03. The molecule has 0 radical (unpaired) electrons. The normalized spacial score (nSPS) is 16.0. The largest absolute Gasteiger partial charge is 0.336 e. The van der Waals surface area contributed by atoms with Crippen LogP contribution in [0.1, 0.15) is 10.4 Å². The number of pyridine rings is 1. The first-order valence-corrected chi connectivity index (χ1v) is 9.36. The van der Waals surface area contributed by atoms with Gasteiger partial charge in [0.05, 0.1) is 4.90 Å². The first-order valence-electron chi connectivity index (χ1n) is 7.54. The third kappa shape index (κ3) is 3.81. The molecule has 1 aliphatic heterocycles. The molecule has 1 aliphatic rings. The van der Waals surface area contributed by atoms with E-state index in [9.17, 15) is 17.6 Å². The Hall–Kier alpha value is -2.03. The summed E-state index contributed by atoms with van der Waals surface area (Å²) < 4.78 is 39.7. The van der Waals surface area contributed by atoms with E-state index in [0.29, 0.717) is 5.56 Å². The van der Waals surface area contributed by atoms with E-state index in [1.165, 1.54) is 34.8 Å². The number of halogens is 2. The Morgan fingerprint density at radius 3 is 2.48 bits per heavy atom. The maximum absolute atomic E-state index is 13.3. The van der Waals surface area contributed by atoms with Crippen molar-refractivity contribution in [2.75, 3.05) is 26.2 Å². The molecule has 0 atom stereocenters. The average molecular weight is 384 g/mol. The fraction of sp³-hybridized carbons (Fsp3) is 0.250. The van der Waals surface area contributed by atoms with Gasteiger partial charge in [-0.25, -0.2) is 17.8 Å². The Morgan fingerprint density at radius 2 is 1.84 bits per heavy atom. The summed E-state index contributed by atoms with van der Waals surface area (Å²) >= 11 is 5.79.